The first-order valence-corrected chi connectivity index (χ1v) is 6.83. The molecule has 0 spiro atoms. The first-order valence-electron chi connectivity index (χ1n) is 6.83. The van der Waals surface area contributed by atoms with Gasteiger partial charge in [0.15, 0.2) is 5.78 Å². The molecule has 0 saturated carbocycles. The maximum Gasteiger partial charge on any atom is 0.255 e. The number of anilines is 1. The second-order valence-corrected chi connectivity index (χ2v) is 4.80. The summed E-state index contributed by atoms with van der Waals surface area (Å²) in [4.78, 5) is 27.9. The van der Waals surface area contributed by atoms with Gasteiger partial charge in [0.1, 0.15) is 11.5 Å². The number of carbonyl (C=O) groups is 2. The van der Waals surface area contributed by atoms with Gasteiger partial charge in [0, 0.05) is 24.9 Å². The van der Waals surface area contributed by atoms with Gasteiger partial charge in [-0.05, 0) is 36.8 Å². The molecule has 2 N–H and O–H groups in total. The monoisotopic (exact) mass is 295 g/mol. The highest BCUT2D eigenvalue weighted by Gasteiger charge is 2.10. The summed E-state index contributed by atoms with van der Waals surface area (Å²) in [6.07, 6.45) is 3.12. The predicted molar refractivity (Wildman–Crippen MR) is 85.3 cm³/mol. The van der Waals surface area contributed by atoms with Crippen molar-refractivity contribution in [2.75, 3.05) is 5.32 Å². The molecule has 0 atom stereocenters. The van der Waals surface area contributed by atoms with Crippen LogP contribution >= 0.6 is 0 Å². The fraction of sp³-hybridized carbons (Fsp3) is 0.118. The minimum atomic E-state index is -0.332. The second kappa shape index (κ2) is 7.17. The summed E-state index contributed by atoms with van der Waals surface area (Å²) in [6, 6.07) is 12.4. The van der Waals surface area contributed by atoms with E-state index in [2.05, 4.69) is 15.6 Å². The highest BCUT2D eigenvalue weighted by molar-refractivity contribution is 6.02. The lowest BCUT2D eigenvalue weighted by Crippen LogP contribution is -2.27. The summed E-state index contributed by atoms with van der Waals surface area (Å²) >= 11 is 0. The lowest BCUT2D eigenvalue weighted by molar-refractivity contribution is -0.113. The largest absolute Gasteiger partial charge is 0.344 e. The molecule has 5 nitrogen and oxygen atoms in total. The molecule has 0 bridgehead atoms. The van der Waals surface area contributed by atoms with Gasteiger partial charge in [0.05, 0.1) is 0 Å². The zero-order valence-electron chi connectivity index (χ0n) is 12.5. The number of carbonyl (C=O) groups excluding carboxylic acids is 2. The minimum Gasteiger partial charge on any atom is -0.344 e. The van der Waals surface area contributed by atoms with Gasteiger partial charge in [0.2, 0.25) is 0 Å². The standard InChI is InChI=1S/C17H17N3O2/c1-12-8-9-18-16(10-12)19-11-15(13(2)21)20-17(22)14-6-4-3-5-7-14/h3-11H,1-2H3,(H,18,19)(H,20,22)/b15-11-. The number of ketones is 1. The van der Waals surface area contributed by atoms with Crippen LogP contribution in [0.5, 0.6) is 0 Å². The van der Waals surface area contributed by atoms with Crippen LogP contribution in [-0.2, 0) is 4.79 Å². The number of amides is 1. The van der Waals surface area contributed by atoms with E-state index in [1.54, 1.807) is 30.5 Å². The van der Waals surface area contributed by atoms with Crippen molar-refractivity contribution < 1.29 is 9.59 Å². The molecule has 0 aliphatic carbocycles. The Bertz CT molecular complexity index is 709. The van der Waals surface area contributed by atoms with Crippen LogP contribution in [0.25, 0.3) is 0 Å². The van der Waals surface area contributed by atoms with Crippen LogP contribution in [0, 0.1) is 6.92 Å². The SMILES string of the molecule is CC(=O)/C(=C/Nc1cc(C)ccn1)NC(=O)c1ccccc1. The third-order valence-electron chi connectivity index (χ3n) is 2.94. The minimum absolute atomic E-state index is 0.178. The van der Waals surface area contributed by atoms with E-state index in [1.807, 2.05) is 25.1 Å². The van der Waals surface area contributed by atoms with E-state index in [-0.39, 0.29) is 17.4 Å². The van der Waals surface area contributed by atoms with Gasteiger partial charge in [-0.25, -0.2) is 4.98 Å². The zero-order chi connectivity index (χ0) is 15.9. The van der Waals surface area contributed by atoms with Gasteiger partial charge in [-0.2, -0.15) is 0 Å². The van der Waals surface area contributed by atoms with Gasteiger partial charge >= 0.3 is 0 Å². The van der Waals surface area contributed by atoms with Crippen molar-refractivity contribution in [2.24, 2.45) is 0 Å². The van der Waals surface area contributed by atoms with E-state index in [9.17, 15) is 9.59 Å². The molecule has 0 fully saturated rings. The number of allylic oxidation sites excluding steroid dienone is 1. The maximum atomic E-state index is 12.1. The lowest BCUT2D eigenvalue weighted by atomic mass is 10.2. The van der Waals surface area contributed by atoms with Crippen molar-refractivity contribution in [1.29, 1.82) is 0 Å². The van der Waals surface area contributed by atoms with Crippen LogP contribution in [0.15, 0.2) is 60.6 Å². The smallest absolute Gasteiger partial charge is 0.255 e. The molecule has 112 valence electrons. The van der Waals surface area contributed by atoms with Gasteiger partial charge in [-0.1, -0.05) is 18.2 Å². The summed E-state index contributed by atoms with van der Waals surface area (Å²) in [5.41, 5.74) is 1.71. The first kappa shape index (κ1) is 15.4. The van der Waals surface area contributed by atoms with Crippen LogP contribution in [0.4, 0.5) is 5.82 Å². The topological polar surface area (TPSA) is 71.1 Å². The predicted octanol–water partition coefficient (Wildman–Crippen LogP) is 2.66. The number of pyridine rings is 1. The molecule has 0 unspecified atom stereocenters. The van der Waals surface area contributed by atoms with Crippen molar-refractivity contribution in [2.45, 2.75) is 13.8 Å². The van der Waals surface area contributed by atoms with Crippen molar-refractivity contribution in [3.63, 3.8) is 0 Å². The number of nitrogens with one attached hydrogen (secondary N) is 2. The summed E-state index contributed by atoms with van der Waals surface area (Å²) in [7, 11) is 0. The maximum absolute atomic E-state index is 12.1. The molecule has 2 aromatic rings. The number of nitrogens with zero attached hydrogens (tertiary/aromatic N) is 1. The summed E-state index contributed by atoms with van der Waals surface area (Å²) in [5.74, 6) is 0.0261. The second-order valence-electron chi connectivity index (χ2n) is 4.80. The van der Waals surface area contributed by atoms with E-state index < -0.39 is 0 Å². The van der Waals surface area contributed by atoms with Gasteiger partial charge in [0.25, 0.3) is 5.91 Å². The highest BCUT2D eigenvalue weighted by Crippen LogP contribution is 2.06. The molecule has 1 heterocycles. The summed E-state index contributed by atoms with van der Waals surface area (Å²) in [5, 5.41) is 5.51. The molecule has 1 aromatic heterocycles. The Morgan fingerprint density at radius 2 is 1.86 bits per heavy atom. The van der Waals surface area contributed by atoms with Gasteiger partial charge < -0.3 is 10.6 Å². The molecule has 0 radical (unpaired) electrons. The number of benzene rings is 1. The average molecular weight is 295 g/mol. The van der Waals surface area contributed by atoms with Crippen LogP contribution in [0.3, 0.4) is 0 Å². The van der Waals surface area contributed by atoms with Crippen LogP contribution in [-0.4, -0.2) is 16.7 Å². The van der Waals surface area contributed by atoms with Crippen molar-refractivity contribution in [3.05, 3.63) is 71.7 Å². The number of rotatable bonds is 5. The quantitative estimate of drug-likeness (QED) is 0.832. The van der Waals surface area contributed by atoms with E-state index in [4.69, 9.17) is 0 Å². The zero-order valence-corrected chi connectivity index (χ0v) is 12.5. The van der Waals surface area contributed by atoms with Gasteiger partial charge in [-0.3, -0.25) is 9.59 Å². The summed E-state index contributed by atoms with van der Waals surface area (Å²) < 4.78 is 0. The third-order valence-corrected chi connectivity index (χ3v) is 2.94. The normalized spacial score (nSPS) is 10.9. The number of aromatic nitrogens is 1. The van der Waals surface area contributed by atoms with E-state index in [0.29, 0.717) is 11.4 Å². The first-order chi connectivity index (χ1) is 10.6. The van der Waals surface area contributed by atoms with Crippen molar-refractivity contribution in [1.82, 2.24) is 10.3 Å². The molecule has 1 aromatic carbocycles. The highest BCUT2D eigenvalue weighted by atomic mass is 16.2. The Morgan fingerprint density at radius 3 is 2.50 bits per heavy atom. The molecular formula is C17H17N3O2. The molecule has 2 rings (SSSR count). The van der Waals surface area contributed by atoms with E-state index in [0.717, 1.165) is 5.56 Å². The van der Waals surface area contributed by atoms with Crippen molar-refractivity contribution in [3.8, 4) is 0 Å². The number of hydrogen-bond acceptors (Lipinski definition) is 4. The molecular weight excluding hydrogens is 278 g/mol. The lowest BCUT2D eigenvalue weighted by Gasteiger charge is -2.08. The third kappa shape index (κ3) is 4.28. The van der Waals surface area contributed by atoms with Crippen molar-refractivity contribution >= 4 is 17.5 Å². The Balaban J connectivity index is 2.11. The Morgan fingerprint density at radius 1 is 1.14 bits per heavy atom. The molecule has 0 aliphatic heterocycles. The Kier molecular flexibility index (Phi) is 5.03. The Labute approximate surface area is 129 Å². The Hall–Kier alpha value is -2.95. The molecule has 0 aliphatic rings. The molecule has 0 saturated heterocycles. The number of hydrogen-bond donors (Lipinski definition) is 2. The van der Waals surface area contributed by atoms with Crippen LogP contribution in [0.1, 0.15) is 22.8 Å². The van der Waals surface area contributed by atoms with Crippen LogP contribution < -0.4 is 10.6 Å². The number of Topliss-reactive ketones (excluding diaryl/α,β-unsaturated/α-hetero) is 1. The van der Waals surface area contributed by atoms with Gasteiger partial charge in [-0.15, -0.1) is 0 Å². The van der Waals surface area contributed by atoms with E-state index in [1.165, 1.54) is 13.1 Å². The molecule has 5 heteroatoms. The fourth-order valence-corrected chi connectivity index (χ4v) is 1.77. The number of aryl methyl sites for hydroxylation is 1. The summed E-state index contributed by atoms with van der Waals surface area (Å²) in [6.45, 7) is 3.34. The molecule has 22 heavy (non-hydrogen) atoms. The molecule has 1 amide bonds. The van der Waals surface area contributed by atoms with E-state index >= 15 is 0 Å². The van der Waals surface area contributed by atoms with Crippen LogP contribution in [0.2, 0.25) is 0 Å². The fourth-order valence-electron chi connectivity index (χ4n) is 1.77. The average Bonchev–Trinajstić information content (AvgIpc) is 2.52.